The van der Waals surface area contributed by atoms with Crippen LogP contribution < -0.4 is 0 Å². The van der Waals surface area contributed by atoms with Gasteiger partial charge in [-0.15, -0.1) is 0 Å². The third-order valence-corrected chi connectivity index (χ3v) is 2.32. The summed E-state index contributed by atoms with van der Waals surface area (Å²) in [4.78, 5) is 21.8. The molecule has 0 fully saturated rings. The second kappa shape index (κ2) is 4.80. The Kier molecular flexibility index (Phi) is 3.69. The summed E-state index contributed by atoms with van der Waals surface area (Å²) in [5, 5.41) is 8.70. The van der Waals surface area contributed by atoms with Gasteiger partial charge in [0.1, 0.15) is 5.82 Å². The number of ketones is 1. The molecule has 0 spiro atoms. The molecule has 0 radical (unpaired) electrons. The predicted octanol–water partition coefficient (Wildman–Crippen LogP) is 2.09. The molecule has 1 aromatic rings. The minimum Gasteiger partial charge on any atom is -0.298 e. The third-order valence-electron chi connectivity index (χ3n) is 1.81. The Morgan fingerprint density at radius 2 is 2.27 bits per heavy atom. The van der Waals surface area contributed by atoms with E-state index < -0.39 is 5.82 Å². The van der Waals surface area contributed by atoms with E-state index in [1.165, 1.54) is 0 Å². The molecule has 76 valence electrons. The van der Waals surface area contributed by atoms with Gasteiger partial charge in [-0.1, -0.05) is 15.9 Å². The van der Waals surface area contributed by atoms with E-state index in [0.29, 0.717) is 6.29 Å². The second-order valence-corrected chi connectivity index (χ2v) is 3.27. The number of aldehydes is 1. The van der Waals surface area contributed by atoms with Crippen LogP contribution in [0.5, 0.6) is 0 Å². The molecule has 0 saturated carbocycles. The summed E-state index contributed by atoms with van der Waals surface area (Å²) in [7, 11) is 0. The van der Waals surface area contributed by atoms with Crippen LogP contribution in [0.1, 0.15) is 26.3 Å². The molecule has 0 atom stereocenters. The summed E-state index contributed by atoms with van der Waals surface area (Å²) >= 11 is 2.94. The van der Waals surface area contributed by atoms with E-state index in [-0.39, 0.29) is 27.8 Å². The van der Waals surface area contributed by atoms with Gasteiger partial charge in [-0.25, -0.2) is 4.39 Å². The minimum atomic E-state index is -0.798. The number of nitrogens with zero attached hydrogens (tertiary/aromatic N) is 1. The monoisotopic (exact) mass is 269 g/mol. The highest BCUT2D eigenvalue weighted by Crippen LogP contribution is 2.15. The quantitative estimate of drug-likeness (QED) is 0.480. The summed E-state index contributed by atoms with van der Waals surface area (Å²) in [5.74, 6) is -1.16. The Balaban J connectivity index is 3.43. The number of carbonyl (C=O) groups is 2. The molecule has 0 unspecified atom stereocenters. The maximum atomic E-state index is 13.1. The molecule has 0 bridgehead atoms. The van der Waals surface area contributed by atoms with Crippen molar-refractivity contribution < 1.29 is 14.0 Å². The fourth-order valence-corrected chi connectivity index (χ4v) is 1.38. The van der Waals surface area contributed by atoms with Crippen LogP contribution in [-0.2, 0) is 0 Å². The molecule has 5 heteroatoms. The summed E-state index contributed by atoms with van der Waals surface area (Å²) in [5.41, 5.74) is -0.237. The zero-order valence-electron chi connectivity index (χ0n) is 7.46. The fourth-order valence-electron chi connectivity index (χ4n) is 1.08. The molecule has 0 aliphatic heterocycles. The maximum absolute atomic E-state index is 13.1. The van der Waals surface area contributed by atoms with Crippen LogP contribution in [0.3, 0.4) is 0 Å². The van der Waals surface area contributed by atoms with E-state index in [1.54, 1.807) is 6.07 Å². The molecule has 0 aromatic heterocycles. The van der Waals surface area contributed by atoms with Gasteiger partial charge in [-0.3, -0.25) is 9.59 Å². The van der Waals surface area contributed by atoms with Gasteiger partial charge in [0, 0.05) is 5.56 Å². The molecular formula is C10H5BrFNO2. The van der Waals surface area contributed by atoms with Crippen LogP contribution in [0, 0.1) is 17.1 Å². The average Bonchev–Trinajstić information content (AvgIpc) is 2.27. The number of nitriles is 1. The van der Waals surface area contributed by atoms with E-state index in [0.717, 1.165) is 12.1 Å². The van der Waals surface area contributed by atoms with Gasteiger partial charge in [0.2, 0.25) is 0 Å². The Bertz CT molecular complexity index is 465. The molecule has 3 nitrogen and oxygen atoms in total. The first-order chi connectivity index (χ1) is 7.13. The van der Waals surface area contributed by atoms with E-state index in [4.69, 9.17) is 5.26 Å². The van der Waals surface area contributed by atoms with Crippen LogP contribution in [-0.4, -0.2) is 17.4 Å². The number of rotatable bonds is 3. The number of carbonyl (C=O) groups excluding carboxylic acids is 2. The van der Waals surface area contributed by atoms with Crippen molar-refractivity contribution in [2.75, 3.05) is 5.33 Å². The van der Waals surface area contributed by atoms with Crippen molar-refractivity contribution in [3.63, 3.8) is 0 Å². The predicted molar refractivity (Wildman–Crippen MR) is 54.6 cm³/mol. The fraction of sp³-hybridized carbons (Fsp3) is 0.100. The molecule has 1 rings (SSSR count). The number of hydrogen-bond donors (Lipinski definition) is 0. The first-order valence-electron chi connectivity index (χ1n) is 3.92. The summed E-state index contributed by atoms with van der Waals surface area (Å²) in [6.07, 6.45) is 0.307. The maximum Gasteiger partial charge on any atom is 0.174 e. The molecule has 0 saturated heterocycles. The van der Waals surface area contributed by atoms with Crippen LogP contribution in [0.2, 0.25) is 0 Å². The lowest BCUT2D eigenvalue weighted by molar-refractivity contribution is 0.102. The first-order valence-corrected chi connectivity index (χ1v) is 5.04. The Hall–Kier alpha value is -1.54. The number of halogens is 2. The highest BCUT2D eigenvalue weighted by atomic mass is 79.9. The first kappa shape index (κ1) is 11.5. The zero-order chi connectivity index (χ0) is 11.4. The molecular weight excluding hydrogens is 265 g/mol. The summed E-state index contributed by atoms with van der Waals surface area (Å²) in [6.45, 7) is 0. The standard InChI is InChI=1S/C10H5BrFNO2/c11-3-10(15)8-1-7(5-14)9(12)2-6(8)4-13/h1-2,5H,3H2. The van der Waals surface area contributed by atoms with Gasteiger partial charge < -0.3 is 0 Å². The number of benzene rings is 1. The van der Waals surface area contributed by atoms with Crippen LogP contribution in [0.15, 0.2) is 12.1 Å². The van der Waals surface area contributed by atoms with Crippen molar-refractivity contribution in [1.29, 1.82) is 5.26 Å². The SMILES string of the molecule is N#Cc1cc(F)c(C=O)cc1C(=O)CBr. The lowest BCUT2D eigenvalue weighted by atomic mass is 10.0. The molecule has 0 aliphatic rings. The van der Waals surface area contributed by atoms with Crippen molar-refractivity contribution in [2.24, 2.45) is 0 Å². The Morgan fingerprint density at radius 3 is 2.73 bits per heavy atom. The minimum absolute atomic E-state index is 0.0195. The molecule has 0 aliphatic carbocycles. The van der Waals surface area contributed by atoms with Crippen molar-refractivity contribution in [2.45, 2.75) is 0 Å². The number of Topliss-reactive ketones (excluding diaryl/α,β-unsaturated/α-hetero) is 1. The van der Waals surface area contributed by atoms with Crippen LogP contribution in [0.4, 0.5) is 4.39 Å². The van der Waals surface area contributed by atoms with Crippen molar-refractivity contribution >= 4 is 28.0 Å². The van der Waals surface area contributed by atoms with E-state index in [2.05, 4.69) is 15.9 Å². The van der Waals surface area contributed by atoms with Gasteiger partial charge in [0.05, 0.1) is 22.5 Å². The Morgan fingerprint density at radius 1 is 1.60 bits per heavy atom. The highest BCUT2D eigenvalue weighted by molar-refractivity contribution is 9.09. The smallest absolute Gasteiger partial charge is 0.174 e. The lowest BCUT2D eigenvalue weighted by Crippen LogP contribution is -2.05. The molecule has 0 amide bonds. The van der Waals surface area contributed by atoms with Crippen LogP contribution >= 0.6 is 15.9 Å². The van der Waals surface area contributed by atoms with Crippen molar-refractivity contribution in [3.8, 4) is 6.07 Å². The lowest BCUT2D eigenvalue weighted by Gasteiger charge is -2.02. The van der Waals surface area contributed by atoms with Gasteiger partial charge in [-0.05, 0) is 12.1 Å². The molecule has 0 heterocycles. The summed E-state index contributed by atoms with van der Waals surface area (Å²) in [6, 6.07) is 3.68. The topological polar surface area (TPSA) is 57.9 Å². The largest absolute Gasteiger partial charge is 0.298 e. The van der Waals surface area contributed by atoms with Gasteiger partial charge in [-0.2, -0.15) is 5.26 Å². The number of alkyl halides is 1. The van der Waals surface area contributed by atoms with E-state index in [9.17, 15) is 14.0 Å². The normalized spacial score (nSPS) is 9.40. The third kappa shape index (κ3) is 2.28. The van der Waals surface area contributed by atoms with Crippen molar-refractivity contribution in [1.82, 2.24) is 0 Å². The zero-order valence-corrected chi connectivity index (χ0v) is 9.04. The second-order valence-electron chi connectivity index (χ2n) is 2.71. The molecule has 0 N–H and O–H groups in total. The van der Waals surface area contributed by atoms with Gasteiger partial charge in [0.15, 0.2) is 12.1 Å². The van der Waals surface area contributed by atoms with Gasteiger partial charge in [0.25, 0.3) is 0 Å². The van der Waals surface area contributed by atoms with E-state index >= 15 is 0 Å². The van der Waals surface area contributed by atoms with Crippen LogP contribution in [0.25, 0.3) is 0 Å². The molecule has 15 heavy (non-hydrogen) atoms. The van der Waals surface area contributed by atoms with Crippen molar-refractivity contribution in [3.05, 3.63) is 34.6 Å². The van der Waals surface area contributed by atoms with Gasteiger partial charge >= 0.3 is 0 Å². The Labute approximate surface area is 93.6 Å². The van der Waals surface area contributed by atoms with E-state index in [1.807, 2.05) is 0 Å². The average molecular weight is 270 g/mol. The number of hydrogen-bond acceptors (Lipinski definition) is 3. The summed E-state index contributed by atoms with van der Waals surface area (Å²) < 4.78 is 13.1. The highest BCUT2D eigenvalue weighted by Gasteiger charge is 2.14. The molecule has 1 aromatic carbocycles.